The highest BCUT2D eigenvalue weighted by Gasteiger charge is 2.40. The lowest BCUT2D eigenvalue weighted by molar-refractivity contribution is -0.0659. The van der Waals surface area contributed by atoms with Crippen LogP contribution in [-0.2, 0) is 9.47 Å². The first-order chi connectivity index (χ1) is 8.85. The van der Waals surface area contributed by atoms with Gasteiger partial charge in [0, 0.05) is 13.7 Å². The molecule has 1 spiro atoms. The minimum Gasteiger partial charge on any atom is -0.383 e. The van der Waals surface area contributed by atoms with Gasteiger partial charge in [-0.2, -0.15) is 0 Å². The van der Waals surface area contributed by atoms with Crippen molar-refractivity contribution >= 4 is 0 Å². The molecule has 1 saturated carbocycles. The molecule has 1 aliphatic heterocycles. The van der Waals surface area contributed by atoms with E-state index in [1.54, 1.807) is 7.11 Å². The van der Waals surface area contributed by atoms with Crippen LogP contribution in [-0.4, -0.2) is 38.5 Å². The maximum Gasteiger partial charge on any atom is 0.0687 e. The van der Waals surface area contributed by atoms with E-state index in [9.17, 15) is 0 Å². The lowest BCUT2D eigenvalue weighted by Gasteiger charge is -2.33. The summed E-state index contributed by atoms with van der Waals surface area (Å²) in [5.74, 6) is 0. The summed E-state index contributed by atoms with van der Waals surface area (Å²) < 4.78 is 11.4. The van der Waals surface area contributed by atoms with Crippen LogP contribution in [0.3, 0.4) is 0 Å². The van der Waals surface area contributed by atoms with E-state index in [4.69, 9.17) is 9.47 Å². The molecule has 2 fully saturated rings. The van der Waals surface area contributed by atoms with E-state index >= 15 is 0 Å². The van der Waals surface area contributed by atoms with Crippen LogP contribution < -0.4 is 5.32 Å². The molecule has 1 unspecified atom stereocenters. The van der Waals surface area contributed by atoms with E-state index < -0.39 is 0 Å². The standard InChI is InChI=1S/C15H29NO2/c1-17-13-12-16-11-5-6-14-7-10-15(18-14)8-3-2-4-9-15/h14,16H,2-13H2,1H3. The molecule has 0 bridgehead atoms. The van der Waals surface area contributed by atoms with E-state index in [0.717, 1.165) is 19.7 Å². The first-order valence-corrected chi connectivity index (χ1v) is 7.72. The first-order valence-electron chi connectivity index (χ1n) is 7.72. The molecule has 1 aliphatic carbocycles. The quantitative estimate of drug-likeness (QED) is 0.710. The van der Waals surface area contributed by atoms with Gasteiger partial charge in [-0.05, 0) is 45.1 Å². The fraction of sp³-hybridized carbons (Fsp3) is 1.00. The zero-order valence-corrected chi connectivity index (χ0v) is 11.9. The fourth-order valence-electron chi connectivity index (χ4n) is 3.42. The first kappa shape index (κ1) is 14.3. The number of nitrogens with one attached hydrogen (secondary N) is 1. The number of rotatable bonds is 7. The normalized spacial score (nSPS) is 26.8. The third-order valence-corrected chi connectivity index (χ3v) is 4.47. The average molecular weight is 255 g/mol. The van der Waals surface area contributed by atoms with Crippen LogP contribution in [0, 0.1) is 0 Å². The summed E-state index contributed by atoms with van der Waals surface area (Å²) in [6, 6.07) is 0. The third-order valence-electron chi connectivity index (χ3n) is 4.47. The summed E-state index contributed by atoms with van der Waals surface area (Å²) in [4.78, 5) is 0. The van der Waals surface area contributed by atoms with Crippen LogP contribution in [0.15, 0.2) is 0 Å². The Morgan fingerprint density at radius 1 is 1.17 bits per heavy atom. The molecular formula is C15H29NO2. The average Bonchev–Trinajstić information content (AvgIpc) is 2.78. The summed E-state index contributed by atoms with van der Waals surface area (Å²) in [7, 11) is 1.75. The molecule has 18 heavy (non-hydrogen) atoms. The largest absolute Gasteiger partial charge is 0.383 e. The van der Waals surface area contributed by atoms with Gasteiger partial charge in [0.15, 0.2) is 0 Å². The zero-order valence-electron chi connectivity index (χ0n) is 11.9. The van der Waals surface area contributed by atoms with Gasteiger partial charge < -0.3 is 14.8 Å². The molecule has 2 aliphatic rings. The molecule has 106 valence electrons. The second-order valence-corrected chi connectivity index (χ2v) is 5.91. The minimum absolute atomic E-state index is 0.298. The Hall–Kier alpha value is -0.120. The van der Waals surface area contributed by atoms with Crippen molar-refractivity contribution in [2.24, 2.45) is 0 Å². The Bertz CT molecular complexity index is 227. The van der Waals surface area contributed by atoms with Gasteiger partial charge in [0.1, 0.15) is 0 Å². The highest BCUT2D eigenvalue weighted by atomic mass is 16.5. The molecule has 1 saturated heterocycles. The lowest BCUT2D eigenvalue weighted by Crippen LogP contribution is -2.31. The molecule has 2 rings (SSSR count). The van der Waals surface area contributed by atoms with Crippen molar-refractivity contribution in [1.82, 2.24) is 5.32 Å². The van der Waals surface area contributed by atoms with E-state index in [1.165, 1.54) is 57.8 Å². The molecule has 3 heteroatoms. The van der Waals surface area contributed by atoms with Gasteiger partial charge in [0.05, 0.1) is 18.3 Å². The van der Waals surface area contributed by atoms with Gasteiger partial charge in [-0.25, -0.2) is 0 Å². The molecular weight excluding hydrogens is 226 g/mol. The van der Waals surface area contributed by atoms with Crippen LogP contribution in [0.2, 0.25) is 0 Å². The van der Waals surface area contributed by atoms with Crippen molar-refractivity contribution in [3.8, 4) is 0 Å². The molecule has 3 nitrogen and oxygen atoms in total. The molecule has 1 atom stereocenters. The van der Waals surface area contributed by atoms with E-state index in [1.807, 2.05) is 0 Å². The van der Waals surface area contributed by atoms with Crippen molar-refractivity contribution in [2.75, 3.05) is 26.8 Å². The molecule has 0 radical (unpaired) electrons. The predicted molar refractivity (Wildman–Crippen MR) is 73.9 cm³/mol. The van der Waals surface area contributed by atoms with Crippen molar-refractivity contribution in [3.05, 3.63) is 0 Å². The minimum atomic E-state index is 0.298. The van der Waals surface area contributed by atoms with Crippen LogP contribution in [0.25, 0.3) is 0 Å². The molecule has 1 N–H and O–H groups in total. The molecule has 0 aromatic carbocycles. The summed E-state index contributed by atoms with van der Waals surface area (Å²) in [5.41, 5.74) is 0.298. The summed E-state index contributed by atoms with van der Waals surface area (Å²) in [6.07, 6.45) is 12.4. The van der Waals surface area contributed by atoms with Gasteiger partial charge in [-0.3, -0.25) is 0 Å². The lowest BCUT2D eigenvalue weighted by atomic mass is 9.83. The predicted octanol–water partition coefficient (Wildman–Crippen LogP) is 2.88. The van der Waals surface area contributed by atoms with Gasteiger partial charge in [-0.1, -0.05) is 19.3 Å². The SMILES string of the molecule is COCCNCCCC1CCC2(CCCCC2)O1. The van der Waals surface area contributed by atoms with E-state index in [0.29, 0.717) is 11.7 Å². The Morgan fingerprint density at radius 2 is 2.00 bits per heavy atom. The Balaban J connectivity index is 1.55. The van der Waals surface area contributed by atoms with Crippen molar-refractivity contribution in [3.63, 3.8) is 0 Å². The van der Waals surface area contributed by atoms with Crippen LogP contribution in [0.4, 0.5) is 0 Å². The Morgan fingerprint density at radius 3 is 2.78 bits per heavy atom. The second-order valence-electron chi connectivity index (χ2n) is 5.91. The fourth-order valence-corrected chi connectivity index (χ4v) is 3.42. The van der Waals surface area contributed by atoms with Crippen molar-refractivity contribution < 1.29 is 9.47 Å². The number of hydrogen-bond donors (Lipinski definition) is 1. The maximum atomic E-state index is 6.37. The number of ether oxygens (including phenoxy) is 2. The van der Waals surface area contributed by atoms with E-state index in [-0.39, 0.29) is 0 Å². The Kier molecular flexibility index (Phi) is 5.93. The maximum absolute atomic E-state index is 6.37. The highest BCUT2D eigenvalue weighted by Crippen LogP contribution is 2.42. The van der Waals surface area contributed by atoms with Crippen molar-refractivity contribution in [2.45, 2.75) is 69.5 Å². The topological polar surface area (TPSA) is 30.5 Å². The van der Waals surface area contributed by atoms with Crippen molar-refractivity contribution in [1.29, 1.82) is 0 Å². The summed E-state index contributed by atoms with van der Waals surface area (Å²) in [5, 5.41) is 3.40. The zero-order chi connectivity index (χ0) is 12.7. The van der Waals surface area contributed by atoms with Gasteiger partial charge >= 0.3 is 0 Å². The molecule has 0 amide bonds. The van der Waals surface area contributed by atoms with E-state index in [2.05, 4.69) is 5.32 Å². The highest BCUT2D eigenvalue weighted by molar-refractivity contribution is 4.91. The molecule has 0 aromatic rings. The van der Waals surface area contributed by atoms with Crippen LogP contribution in [0.1, 0.15) is 57.8 Å². The van der Waals surface area contributed by atoms with Gasteiger partial charge in [0.2, 0.25) is 0 Å². The third kappa shape index (κ3) is 4.22. The summed E-state index contributed by atoms with van der Waals surface area (Å²) >= 11 is 0. The second kappa shape index (κ2) is 7.46. The number of hydrogen-bond acceptors (Lipinski definition) is 3. The summed E-state index contributed by atoms with van der Waals surface area (Å²) in [6.45, 7) is 2.87. The monoisotopic (exact) mass is 255 g/mol. The van der Waals surface area contributed by atoms with Crippen LogP contribution in [0.5, 0.6) is 0 Å². The van der Waals surface area contributed by atoms with Crippen LogP contribution >= 0.6 is 0 Å². The molecule has 0 aromatic heterocycles. The number of methoxy groups -OCH3 is 1. The van der Waals surface area contributed by atoms with Gasteiger partial charge in [-0.15, -0.1) is 0 Å². The molecule has 1 heterocycles. The Labute approximate surface area is 112 Å². The van der Waals surface area contributed by atoms with Gasteiger partial charge in [0.25, 0.3) is 0 Å². The smallest absolute Gasteiger partial charge is 0.0687 e.